The van der Waals surface area contributed by atoms with Gasteiger partial charge in [-0.3, -0.25) is 4.79 Å². The van der Waals surface area contributed by atoms with E-state index in [1.165, 1.54) is 32.2 Å². The summed E-state index contributed by atoms with van der Waals surface area (Å²) in [6.07, 6.45) is -0.123. The van der Waals surface area contributed by atoms with Gasteiger partial charge in [0.1, 0.15) is 17.1 Å². The van der Waals surface area contributed by atoms with Crippen molar-refractivity contribution in [1.29, 1.82) is 0 Å². The van der Waals surface area contributed by atoms with E-state index in [1.807, 2.05) is 6.92 Å². The molecule has 1 amide bonds. The maximum atomic E-state index is 11.9. The largest absolute Gasteiger partial charge is 0.507 e. The zero-order valence-electron chi connectivity index (χ0n) is 11.8. The molecule has 1 atom stereocenters. The molecule has 0 aromatic heterocycles. The van der Waals surface area contributed by atoms with Gasteiger partial charge in [0.15, 0.2) is 6.10 Å². The van der Waals surface area contributed by atoms with Gasteiger partial charge in [0.25, 0.3) is 5.91 Å². The highest BCUT2D eigenvalue weighted by molar-refractivity contribution is 5.94. The lowest BCUT2D eigenvalue weighted by Gasteiger charge is -2.13. The van der Waals surface area contributed by atoms with E-state index < -0.39 is 12.1 Å². The van der Waals surface area contributed by atoms with Gasteiger partial charge in [-0.1, -0.05) is 6.92 Å². The lowest BCUT2D eigenvalue weighted by molar-refractivity contribution is -0.129. The highest BCUT2D eigenvalue weighted by Crippen LogP contribution is 2.24. The van der Waals surface area contributed by atoms with Crippen LogP contribution in [0, 0.1) is 0 Å². The fourth-order valence-corrected chi connectivity index (χ4v) is 1.48. The lowest BCUT2D eigenvalue weighted by atomic mass is 10.2. The highest BCUT2D eigenvalue weighted by atomic mass is 16.5. The predicted octanol–water partition coefficient (Wildman–Crippen LogP) is 1.47. The molecule has 2 N–H and O–H groups in total. The molecule has 0 aliphatic heterocycles. The van der Waals surface area contributed by atoms with Gasteiger partial charge < -0.3 is 19.9 Å². The molecule has 20 heavy (non-hydrogen) atoms. The van der Waals surface area contributed by atoms with E-state index in [-0.39, 0.29) is 17.2 Å². The predicted molar refractivity (Wildman–Crippen MR) is 72.8 cm³/mol. The Morgan fingerprint density at radius 1 is 1.40 bits per heavy atom. The number of esters is 1. The van der Waals surface area contributed by atoms with Crippen LogP contribution in [0.4, 0.5) is 0 Å². The highest BCUT2D eigenvalue weighted by Gasteiger charge is 2.20. The van der Waals surface area contributed by atoms with Crippen LogP contribution in [0.25, 0.3) is 0 Å². The molecule has 0 aliphatic carbocycles. The summed E-state index contributed by atoms with van der Waals surface area (Å²) >= 11 is 0. The summed E-state index contributed by atoms with van der Waals surface area (Å²) in [5.74, 6) is -0.958. The second-order valence-corrected chi connectivity index (χ2v) is 4.22. The van der Waals surface area contributed by atoms with Crippen LogP contribution in [0.15, 0.2) is 18.2 Å². The van der Waals surface area contributed by atoms with Crippen LogP contribution in [0.2, 0.25) is 0 Å². The number of amides is 1. The number of methoxy groups -OCH3 is 1. The number of nitrogens with one attached hydrogen (secondary N) is 1. The fourth-order valence-electron chi connectivity index (χ4n) is 1.48. The van der Waals surface area contributed by atoms with E-state index in [0.29, 0.717) is 12.3 Å². The number of aromatic hydroxyl groups is 1. The van der Waals surface area contributed by atoms with Gasteiger partial charge in [0.05, 0.1) is 7.11 Å². The van der Waals surface area contributed by atoms with Gasteiger partial charge in [-0.2, -0.15) is 0 Å². The van der Waals surface area contributed by atoms with Crippen LogP contribution in [0.3, 0.4) is 0 Å². The van der Waals surface area contributed by atoms with Crippen molar-refractivity contribution in [3.05, 3.63) is 23.8 Å². The van der Waals surface area contributed by atoms with Crippen LogP contribution < -0.4 is 10.1 Å². The summed E-state index contributed by atoms with van der Waals surface area (Å²) in [5.41, 5.74) is -0.0130. The molecular weight excluding hydrogens is 262 g/mol. The Balaban J connectivity index is 2.69. The van der Waals surface area contributed by atoms with Gasteiger partial charge in [0, 0.05) is 12.6 Å². The molecule has 0 saturated heterocycles. The number of phenols is 1. The summed E-state index contributed by atoms with van der Waals surface area (Å²) in [6.45, 7) is 3.92. The summed E-state index contributed by atoms with van der Waals surface area (Å²) in [4.78, 5) is 23.4. The second kappa shape index (κ2) is 7.37. The normalized spacial score (nSPS) is 11.6. The molecule has 0 radical (unpaired) electrons. The van der Waals surface area contributed by atoms with E-state index in [0.717, 1.165) is 6.42 Å². The molecule has 6 heteroatoms. The Bertz CT molecular complexity index is 486. The molecule has 110 valence electrons. The molecule has 1 rings (SSSR count). The number of carbonyl (C=O) groups is 2. The van der Waals surface area contributed by atoms with Gasteiger partial charge in [-0.15, -0.1) is 0 Å². The van der Waals surface area contributed by atoms with Crippen LogP contribution in [-0.4, -0.2) is 36.7 Å². The first kappa shape index (κ1) is 15.8. The number of hydrogen-bond acceptors (Lipinski definition) is 5. The van der Waals surface area contributed by atoms with Crippen LogP contribution in [0.5, 0.6) is 11.5 Å². The first-order valence-corrected chi connectivity index (χ1v) is 6.35. The van der Waals surface area contributed by atoms with Crippen molar-refractivity contribution in [2.24, 2.45) is 0 Å². The molecule has 0 unspecified atom stereocenters. The summed E-state index contributed by atoms with van der Waals surface area (Å²) in [5, 5.41) is 12.3. The maximum Gasteiger partial charge on any atom is 0.342 e. The van der Waals surface area contributed by atoms with Gasteiger partial charge in [0.2, 0.25) is 0 Å². The monoisotopic (exact) mass is 281 g/mol. The molecule has 0 heterocycles. The Labute approximate surface area is 117 Å². The number of benzene rings is 1. The Morgan fingerprint density at radius 3 is 2.65 bits per heavy atom. The van der Waals surface area contributed by atoms with E-state index >= 15 is 0 Å². The Hall–Kier alpha value is -2.24. The topological polar surface area (TPSA) is 84.9 Å². The quantitative estimate of drug-likeness (QED) is 0.771. The average Bonchev–Trinajstić information content (AvgIpc) is 2.44. The molecule has 1 aromatic carbocycles. The Kier molecular flexibility index (Phi) is 5.83. The van der Waals surface area contributed by atoms with E-state index in [9.17, 15) is 14.7 Å². The van der Waals surface area contributed by atoms with Crippen molar-refractivity contribution in [3.63, 3.8) is 0 Å². The van der Waals surface area contributed by atoms with Crippen molar-refractivity contribution in [2.45, 2.75) is 26.4 Å². The minimum absolute atomic E-state index is 0.0130. The molecule has 1 aromatic rings. The van der Waals surface area contributed by atoms with E-state index in [2.05, 4.69) is 5.32 Å². The van der Waals surface area contributed by atoms with Gasteiger partial charge >= 0.3 is 5.97 Å². The number of carbonyl (C=O) groups excluding carboxylic acids is 2. The van der Waals surface area contributed by atoms with Crippen molar-refractivity contribution < 1.29 is 24.2 Å². The number of rotatable bonds is 6. The molecule has 0 saturated carbocycles. The van der Waals surface area contributed by atoms with Crippen molar-refractivity contribution >= 4 is 11.9 Å². The zero-order valence-corrected chi connectivity index (χ0v) is 11.8. The molecule has 0 fully saturated rings. The first-order valence-electron chi connectivity index (χ1n) is 6.35. The third kappa shape index (κ3) is 4.15. The minimum Gasteiger partial charge on any atom is -0.507 e. The van der Waals surface area contributed by atoms with Crippen molar-refractivity contribution in [2.75, 3.05) is 13.7 Å². The standard InChI is InChI=1S/C14H19NO5/c1-4-7-15-13(17)9(2)20-14(18)11-6-5-10(19-3)8-12(11)16/h5-6,8-9,16H,4,7H2,1-3H3,(H,15,17)/t9-/m0/s1. The van der Waals surface area contributed by atoms with Gasteiger partial charge in [-0.25, -0.2) is 4.79 Å². The van der Waals surface area contributed by atoms with Crippen LogP contribution in [0.1, 0.15) is 30.6 Å². The van der Waals surface area contributed by atoms with E-state index in [4.69, 9.17) is 9.47 Å². The summed E-state index contributed by atoms with van der Waals surface area (Å²) in [6, 6.07) is 4.21. The number of ether oxygens (including phenoxy) is 2. The molecular formula is C14H19NO5. The van der Waals surface area contributed by atoms with Crippen molar-refractivity contribution in [1.82, 2.24) is 5.32 Å². The molecule has 0 aliphatic rings. The fraction of sp³-hybridized carbons (Fsp3) is 0.429. The second-order valence-electron chi connectivity index (χ2n) is 4.22. The first-order chi connectivity index (χ1) is 9.49. The SMILES string of the molecule is CCCNC(=O)[C@H](C)OC(=O)c1ccc(OC)cc1O. The average molecular weight is 281 g/mol. The van der Waals surface area contributed by atoms with E-state index in [1.54, 1.807) is 0 Å². The third-order valence-electron chi connectivity index (χ3n) is 2.63. The van der Waals surface area contributed by atoms with Gasteiger partial charge in [-0.05, 0) is 25.5 Å². The summed E-state index contributed by atoms with van der Waals surface area (Å²) in [7, 11) is 1.45. The number of hydrogen-bond donors (Lipinski definition) is 2. The molecule has 6 nitrogen and oxygen atoms in total. The zero-order chi connectivity index (χ0) is 15.1. The van der Waals surface area contributed by atoms with Crippen molar-refractivity contribution in [3.8, 4) is 11.5 Å². The number of phenolic OH excluding ortho intramolecular Hbond substituents is 1. The van der Waals surface area contributed by atoms with Crippen LogP contribution >= 0.6 is 0 Å². The molecule has 0 bridgehead atoms. The Morgan fingerprint density at radius 2 is 2.10 bits per heavy atom. The van der Waals surface area contributed by atoms with Crippen LogP contribution in [-0.2, 0) is 9.53 Å². The molecule has 0 spiro atoms. The minimum atomic E-state index is -0.921. The third-order valence-corrected chi connectivity index (χ3v) is 2.63. The maximum absolute atomic E-state index is 11.9. The summed E-state index contributed by atoms with van der Waals surface area (Å²) < 4.78 is 9.91. The smallest absolute Gasteiger partial charge is 0.342 e. The lowest BCUT2D eigenvalue weighted by Crippen LogP contribution is -2.36.